The van der Waals surface area contributed by atoms with Crippen LogP contribution in [0.1, 0.15) is 22.4 Å². The van der Waals surface area contributed by atoms with Crippen molar-refractivity contribution in [3.63, 3.8) is 0 Å². The van der Waals surface area contributed by atoms with Crippen molar-refractivity contribution in [2.24, 2.45) is 5.10 Å². The Labute approximate surface area is 170 Å². The molecule has 1 saturated heterocycles. The fourth-order valence-electron chi connectivity index (χ4n) is 3.28. The number of carbonyl (C=O) groups is 1. The van der Waals surface area contributed by atoms with Crippen LogP contribution in [0.25, 0.3) is 0 Å². The fourth-order valence-corrected chi connectivity index (χ4v) is 3.28. The van der Waals surface area contributed by atoms with Gasteiger partial charge in [0.1, 0.15) is 5.75 Å². The van der Waals surface area contributed by atoms with Gasteiger partial charge < -0.3 is 10.2 Å². The van der Waals surface area contributed by atoms with Gasteiger partial charge in [-0.1, -0.05) is 30.3 Å². The van der Waals surface area contributed by atoms with E-state index < -0.39 is 0 Å². The number of aromatic hydroxyl groups is 1. The van der Waals surface area contributed by atoms with Crippen LogP contribution >= 0.6 is 0 Å². The summed E-state index contributed by atoms with van der Waals surface area (Å²) in [6, 6.07) is 10.4. The second-order valence-electron chi connectivity index (χ2n) is 7.12. The van der Waals surface area contributed by atoms with E-state index in [0.29, 0.717) is 16.8 Å². The van der Waals surface area contributed by atoms with Gasteiger partial charge in [0.2, 0.25) is 0 Å². The second-order valence-corrected chi connectivity index (χ2v) is 7.12. The van der Waals surface area contributed by atoms with Gasteiger partial charge in [0, 0.05) is 50.0 Å². The molecule has 2 heterocycles. The second kappa shape index (κ2) is 10.1. The maximum atomic E-state index is 12.2. The summed E-state index contributed by atoms with van der Waals surface area (Å²) in [5.74, 6) is -0.266. The number of amides is 1. The number of nitrogens with zero attached hydrogens (tertiary/aromatic N) is 4. The number of aryl methyl sites for hydroxylation is 1. The number of aliphatic hydroxyl groups is 1. The summed E-state index contributed by atoms with van der Waals surface area (Å²) < 4.78 is 0. The van der Waals surface area contributed by atoms with Crippen LogP contribution < -0.4 is 5.43 Å². The summed E-state index contributed by atoms with van der Waals surface area (Å²) in [6.07, 6.45) is 2.82. The molecular weight excluding hydrogens is 370 g/mol. The molecule has 154 valence electrons. The zero-order valence-corrected chi connectivity index (χ0v) is 16.6. The van der Waals surface area contributed by atoms with Crippen LogP contribution in [0.15, 0.2) is 41.6 Å². The Balaban J connectivity index is 1.45. The highest BCUT2D eigenvalue weighted by atomic mass is 16.3. The number of rotatable bonds is 7. The lowest BCUT2D eigenvalue weighted by atomic mass is 10.1. The molecule has 0 spiro atoms. The van der Waals surface area contributed by atoms with E-state index in [4.69, 9.17) is 0 Å². The van der Waals surface area contributed by atoms with Gasteiger partial charge in [0.25, 0.3) is 5.91 Å². The lowest BCUT2D eigenvalue weighted by molar-refractivity contribution is -0.122. The topological polar surface area (TPSA) is 101 Å². The number of aliphatic hydroxyl groups excluding tert-OH is 1. The first-order valence-electron chi connectivity index (χ1n) is 9.65. The van der Waals surface area contributed by atoms with Crippen LogP contribution in [0, 0.1) is 6.92 Å². The Morgan fingerprint density at radius 3 is 2.59 bits per heavy atom. The Bertz CT molecular complexity index is 849. The largest absolute Gasteiger partial charge is 0.505 e. The number of carbonyl (C=O) groups excluding carboxylic acids is 1. The van der Waals surface area contributed by atoms with Gasteiger partial charge in [-0.2, -0.15) is 5.10 Å². The number of hydrazone groups is 1. The zero-order chi connectivity index (χ0) is 20.6. The molecule has 0 radical (unpaired) electrons. The van der Waals surface area contributed by atoms with E-state index in [1.807, 2.05) is 18.2 Å². The van der Waals surface area contributed by atoms with Gasteiger partial charge in [-0.15, -0.1) is 0 Å². The van der Waals surface area contributed by atoms with Crippen LogP contribution in [0.3, 0.4) is 0 Å². The number of hydrogen-bond donors (Lipinski definition) is 3. The van der Waals surface area contributed by atoms with Gasteiger partial charge in [0.15, 0.2) is 0 Å². The highest BCUT2D eigenvalue weighted by Crippen LogP contribution is 2.21. The molecular formula is C21H27N5O3. The molecule has 1 amide bonds. The number of aromatic nitrogens is 1. The van der Waals surface area contributed by atoms with Gasteiger partial charge in [-0.3, -0.25) is 19.6 Å². The molecule has 29 heavy (non-hydrogen) atoms. The van der Waals surface area contributed by atoms with Gasteiger partial charge in [-0.05, 0) is 12.5 Å². The predicted octanol–water partition coefficient (Wildman–Crippen LogP) is 0.856. The highest BCUT2D eigenvalue weighted by molar-refractivity contribution is 5.87. The maximum absolute atomic E-state index is 12.2. The van der Waals surface area contributed by atoms with Crippen LogP contribution in [0.4, 0.5) is 0 Å². The number of hydrogen-bond acceptors (Lipinski definition) is 7. The SMILES string of the molecule is Cc1ncc(CO)c(/C=N/NC(=O)CN2CCN(Cc3ccccc3)CC2)c1O. The fraction of sp³-hybridized carbons (Fsp3) is 0.381. The van der Waals surface area contributed by atoms with Crippen LogP contribution in [0.2, 0.25) is 0 Å². The molecule has 2 aromatic rings. The zero-order valence-electron chi connectivity index (χ0n) is 16.6. The molecule has 0 unspecified atom stereocenters. The molecule has 0 atom stereocenters. The molecule has 1 fully saturated rings. The van der Waals surface area contributed by atoms with Gasteiger partial charge in [0.05, 0.1) is 25.1 Å². The average molecular weight is 397 g/mol. The Morgan fingerprint density at radius 1 is 1.21 bits per heavy atom. The van der Waals surface area contributed by atoms with E-state index in [1.54, 1.807) is 6.92 Å². The van der Waals surface area contributed by atoms with Gasteiger partial charge >= 0.3 is 0 Å². The molecule has 1 aromatic heterocycles. The number of pyridine rings is 1. The first-order valence-corrected chi connectivity index (χ1v) is 9.65. The van der Waals surface area contributed by atoms with Crippen LogP contribution in [0.5, 0.6) is 5.75 Å². The molecule has 8 nitrogen and oxygen atoms in total. The lowest BCUT2D eigenvalue weighted by Crippen LogP contribution is -2.48. The summed E-state index contributed by atoms with van der Waals surface area (Å²) in [5, 5.41) is 23.4. The Hall–Kier alpha value is -2.81. The van der Waals surface area contributed by atoms with Crippen molar-refractivity contribution in [1.29, 1.82) is 0 Å². The molecule has 0 bridgehead atoms. The van der Waals surface area contributed by atoms with Crippen molar-refractivity contribution in [1.82, 2.24) is 20.2 Å². The van der Waals surface area contributed by atoms with Crippen LogP contribution in [-0.4, -0.2) is 69.8 Å². The minimum Gasteiger partial charge on any atom is -0.505 e. The third-order valence-electron chi connectivity index (χ3n) is 4.99. The van der Waals surface area contributed by atoms with Gasteiger partial charge in [-0.25, -0.2) is 5.43 Å². The summed E-state index contributed by atoms with van der Waals surface area (Å²) in [4.78, 5) is 20.6. The molecule has 3 rings (SSSR count). The summed E-state index contributed by atoms with van der Waals surface area (Å²) in [5.41, 5.74) is 5.02. The lowest BCUT2D eigenvalue weighted by Gasteiger charge is -2.34. The Morgan fingerprint density at radius 2 is 1.90 bits per heavy atom. The summed E-state index contributed by atoms with van der Waals surface area (Å²) >= 11 is 0. The first-order chi connectivity index (χ1) is 14.1. The maximum Gasteiger partial charge on any atom is 0.254 e. The molecule has 3 N–H and O–H groups in total. The van der Waals surface area contributed by atoms with Crippen molar-refractivity contribution >= 4 is 12.1 Å². The normalized spacial score (nSPS) is 15.7. The molecule has 0 saturated carbocycles. The van der Waals surface area contributed by atoms with Crippen molar-refractivity contribution in [3.8, 4) is 5.75 Å². The van der Waals surface area contributed by atoms with E-state index in [9.17, 15) is 15.0 Å². The van der Waals surface area contributed by atoms with E-state index in [2.05, 4.69) is 37.4 Å². The highest BCUT2D eigenvalue weighted by Gasteiger charge is 2.19. The smallest absolute Gasteiger partial charge is 0.254 e. The van der Waals surface area contributed by atoms with E-state index >= 15 is 0 Å². The minimum absolute atomic E-state index is 0.0518. The molecule has 0 aliphatic carbocycles. The van der Waals surface area contributed by atoms with Crippen molar-refractivity contribution in [2.75, 3.05) is 32.7 Å². The van der Waals surface area contributed by atoms with E-state index in [0.717, 1.165) is 32.7 Å². The first kappa shape index (κ1) is 20.9. The Kier molecular flexibility index (Phi) is 7.29. The summed E-state index contributed by atoms with van der Waals surface area (Å²) in [7, 11) is 0. The summed E-state index contributed by atoms with van der Waals surface area (Å²) in [6.45, 7) is 6.04. The van der Waals surface area contributed by atoms with Crippen molar-refractivity contribution in [3.05, 3.63) is 58.9 Å². The standard InChI is InChI=1S/C21H27N5O3/c1-16-21(29)19(18(15-27)11-22-16)12-23-24-20(28)14-26-9-7-25(8-10-26)13-17-5-3-2-4-6-17/h2-6,11-12,27,29H,7-10,13-15H2,1H3,(H,24,28)/b23-12+. The number of benzene rings is 1. The number of piperazine rings is 1. The molecule has 1 aliphatic rings. The minimum atomic E-state index is -0.274. The van der Waals surface area contributed by atoms with Crippen LogP contribution in [-0.2, 0) is 17.9 Å². The number of nitrogens with one attached hydrogen (secondary N) is 1. The van der Waals surface area contributed by atoms with Crippen molar-refractivity contribution < 1.29 is 15.0 Å². The molecule has 1 aromatic carbocycles. The molecule has 1 aliphatic heterocycles. The predicted molar refractivity (Wildman–Crippen MR) is 110 cm³/mol. The third kappa shape index (κ3) is 5.83. The monoisotopic (exact) mass is 397 g/mol. The van der Waals surface area contributed by atoms with Crippen molar-refractivity contribution in [2.45, 2.75) is 20.1 Å². The van der Waals surface area contributed by atoms with E-state index in [-0.39, 0.29) is 24.8 Å². The molecule has 8 heteroatoms. The quantitative estimate of drug-likeness (QED) is 0.473. The average Bonchev–Trinajstić information content (AvgIpc) is 2.73. The van der Waals surface area contributed by atoms with E-state index in [1.165, 1.54) is 18.0 Å². The third-order valence-corrected chi connectivity index (χ3v) is 4.99.